The maximum Gasteiger partial charge on any atom is 0.337 e. The van der Waals surface area contributed by atoms with Gasteiger partial charge in [-0.25, -0.2) is 4.79 Å². The van der Waals surface area contributed by atoms with E-state index in [1.54, 1.807) is 19.2 Å². The topological polar surface area (TPSA) is 80.4 Å². The molecule has 0 spiro atoms. The van der Waals surface area contributed by atoms with Crippen LogP contribution in [-0.2, 0) is 16.1 Å². The van der Waals surface area contributed by atoms with Gasteiger partial charge in [0.2, 0.25) is 5.91 Å². The smallest absolute Gasteiger partial charge is 0.337 e. The van der Waals surface area contributed by atoms with E-state index in [4.69, 9.17) is 9.47 Å². The number of H-pyrrole nitrogens is 1. The van der Waals surface area contributed by atoms with Crippen molar-refractivity contribution in [3.05, 3.63) is 101 Å². The quantitative estimate of drug-likeness (QED) is 0.384. The summed E-state index contributed by atoms with van der Waals surface area (Å²) in [7, 11) is 2.99. The lowest BCUT2D eigenvalue weighted by Gasteiger charge is -2.18. The lowest BCUT2D eigenvalue weighted by atomic mass is 9.87. The van der Waals surface area contributed by atoms with Crippen molar-refractivity contribution in [3.8, 4) is 5.75 Å². The number of rotatable bonds is 8. The van der Waals surface area contributed by atoms with Gasteiger partial charge in [0, 0.05) is 36.0 Å². The molecule has 4 rings (SSSR count). The summed E-state index contributed by atoms with van der Waals surface area (Å²) in [6.07, 6.45) is 2.17. The standard InChI is InChI=1S/C27H26N2O4/c1-32-24-10-6-9-23-26(24)22(17-28-23)21(19-11-13-20(14-12-19)27(31)33-2)15-25(30)29-16-18-7-4-3-5-8-18/h3-14,17,21,28H,15-16H2,1-2H3,(H,29,30)/t21-/m0/s1. The molecule has 33 heavy (non-hydrogen) atoms. The Balaban J connectivity index is 1.67. The van der Waals surface area contributed by atoms with Gasteiger partial charge < -0.3 is 19.8 Å². The van der Waals surface area contributed by atoms with Crippen LogP contribution in [0.4, 0.5) is 0 Å². The summed E-state index contributed by atoms with van der Waals surface area (Å²) in [6, 6.07) is 22.8. The Bertz CT molecular complexity index is 1250. The fraction of sp³-hybridized carbons (Fsp3) is 0.185. The van der Waals surface area contributed by atoms with Gasteiger partial charge >= 0.3 is 5.97 Å². The van der Waals surface area contributed by atoms with E-state index in [-0.39, 0.29) is 18.2 Å². The molecular formula is C27H26N2O4. The molecule has 1 amide bonds. The zero-order valence-electron chi connectivity index (χ0n) is 18.6. The lowest BCUT2D eigenvalue weighted by molar-refractivity contribution is -0.121. The van der Waals surface area contributed by atoms with Gasteiger partial charge in [0.15, 0.2) is 0 Å². The van der Waals surface area contributed by atoms with Gasteiger partial charge in [0.1, 0.15) is 5.75 Å². The minimum atomic E-state index is -0.396. The molecule has 3 aromatic carbocycles. The van der Waals surface area contributed by atoms with Crippen molar-refractivity contribution in [2.24, 2.45) is 0 Å². The lowest BCUT2D eigenvalue weighted by Crippen LogP contribution is -2.25. The molecule has 1 heterocycles. The van der Waals surface area contributed by atoms with Crippen molar-refractivity contribution in [3.63, 3.8) is 0 Å². The van der Waals surface area contributed by atoms with E-state index >= 15 is 0 Å². The van der Waals surface area contributed by atoms with Crippen molar-refractivity contribution in [1.82, 2.24) is 10.3 Å². The van der Waals surface area contributed by atoms with Gasteiger partial charge in [-0.1, -0.05) is 48.5 Å². The number of ether oxygens (including phenoxy) is 2. The Labute approximate surface area is 192 Å². The van der Waals surface area contributed by atoms with Crippen molar-refractivity contribution in [2.75, 3.05) is 14.2 Å². The third-order valence-electron chi connectivity index (χ3n) is 5.75. The van der Waals surface area contributed by atoms with Gasteiger partial charge in [0.25, 0.3) is 0 Å². The first-order chi connectivity index (χ1) is 16.1. The number of carbonyl (C=O) groups is 2. The van der Waals surface area contributed by atoms with E-state index in [0.717, 1.165) is 33.3 Å². The Morgan fingerprint density at radius 1 is 0.939 bits per heavy atom. The Morgan fingerprint density at radius 2 is 1.70 bits per heavy atom. The summed E-state index contributed by atoms with van der Waals surface area (Å²) in [5.74, 6) is 0.0414. The molecule has 0 aliphatic heterocycles. The number of esters is 1. The van der Waals surface area contributed by atoms with Crippen LogP contribution >= 0.6 is 0 Å². The van der Waals surface area contributed by atoms with E-state index in [9.17, 15) is 9.59 Å². The van der Waals surface area contributed by atoms with Crippen LogP contribution in [0.15, 0.2) is 79.0 Å². The number of hydrogen-bond acceptors (Lipinski definition) is 4. The van der Waals surface area contributed by atoms with E-state index < -0.39 is 5.97 Å². The number of fused-ring (bicyclic) bond motifs is 1. The number of hydrogen-bond donors (Lipinski definition) is 2. The van der Waals surface area contributed by atoms with Gasteiger partial charge in [0.05, 0.1) is 19.8 Å². The molecule has 6 nitrogen and oxygen atoms in total. The maximum atomic E-state index is 13.0. The third-order valence-corrected chi connectivity index (χ3v) is 5.75. The SMILES string of the molecule is COC(=O)c1ccc([C@H](CC(=O)NCc2ccccc2)c2c[nH]c3cccc(OC)c23)cc1. The van der Waals surface area contributed by atoms with E-state index in [0.29, 0.717) is 12.1 Å². The highest BCUT2D eigenvalue weighted by Crippen LogP contribution is 2.38. The van der Waals surface area contributed by atoms with Crippen LogP contribution in [0.1, 0.15) is 39.4 Å². The van der Waals surface area contributed by atoms with Crippen molar-refractivity contribution < 1.29 is 19.1 Å². The van der Waals surface area contributed by atoms with Crippen LogP contribution in [0.2, 0.25) is 0 Å². The van der Waals surface area contributed by atoms with E-state index in [2.05, 4.69) is 10.3 Å². The van der Waals surface area contributed by atoms with E-state index in [1.807, 2.05) is 66.9 Å². The zero-order chi connectivity index (χ0) is 23.2. The van der Waals surface area contributed by atoms with Gasteiger partial charge in [-0.3, -0.25) is 4.79 Å². The van der Waals surface area contributed by atoms with Crippen LogP contribution in [0.25, 0.3) is 10.9 Å². The number of benzene rings is 3. The fourth-order valence-electron chi connectivity index (χ4n) is 4.05. The largest absolute Gasteiger partial charge is 0.496 e. The van der Waals surface area contributed by atoms with Crippen molar-refractivity contribution in [1.29, 1.82) is 0 Å². The number of aromatic nitrogens is 1. The number of methoxy groups -OCH3 is 2. The molecular weight excluding hydrogens is 416 g/mol. The molecule has 0 aliphatic rings. The molecule has 168 valence electrons. The average molecular weight is 443 g/mol. The molecule has 4 aromatic rings. The molecule has 0 radical (unpaired) electrons. The number of carbonyl (C=O) groups excluding carboxylic acids is 2. The summed E-state index contributed by atoms with van der Waals surface area (Å²) in [5, 5.41) is 3.96. The molecule has 0 aliphatic carbocycles. The zero-order valence-corrected chi connectivity index (χ0v) is 18.6. The molecule has 0 fully saturated rings. The predicted molar refractivity (Wildman–Crippen MR) is 127 cm³/mol. The Kier molecular flexibility index (Phi) is 6.74. The van der Waals surface area contributed by atoms with E-state index in [1.165, 1.54) is 7.11 Å². The monoisotopic (exact) mass is 442 g/mol. The average Bonchev–Trinajstić information content (AvgIpc) is 3.30. The number of amides is 1. The molecule has 0 saturated heterocycles. The summed E-state index contributed by atoms with van der Waals surface area (Å²) < 4.78 is 10.4. The van der Waals surface area contributed by atoms with Gasteiger partial charge in [-0.05, 0) is 41.0 Å². The molecule has 0 bridgehead atoms. The van der Waals surface area contributed by atoms with Crippen LogP contribution in [0, 0.1) is 0 Å². The van der Waals surface area contributed by atoms with Crippen LogP contribution < -0.4 is 10.1 Å². The van der Waals surface area contributed by atoms with Gasteiger partial charge in [-0.2, -0.15) is 0 Å². The number of aromatic amines is 1. The Hall–Kier alpha value is -4.06. The molecule has 6 heteroatoms. The van der Waals surface area contributed by atoms with Gasteiger partial charge in [-0.15, -0.1) is 0 Å². The minimum Gasteiger partial charge on any atom is -0.496 e. The summed E-state index contributed by atoms with van der Waals surface area (Å²) >= 11 is 0. The first kappa shape index (κ1) is 22.1. The second-order valence-corrected chi connectivity index (χ2v) is 7.76. The summed E-state index contributed by atoms with van der Waals surface area (Å²) in [4.78, 5) is 28.1. The molecule has 2 N–H and O–H groups in total. The third kappa shape index (κ3) is 4.90. The Morgan fingerprint density at radius 3 is 2.39 bits per heavy atom. The minimum absolute atomic E-state index is 0.0647. The number of nitrogens with one attached hydrogen (secondary N) is 2. The first-order valence-corrected chi connectivity index (χ1v) is 10.7. The predicted octanol–water partition coefficient (Wildman–Crippen LogP) is 4.80. The first-order valence-electron chi connectivity index (χ1n) is 10.7. The highest BCUT2D eigenvalue weighted by atomic mass is 16.5. The highest BCUT2D eigenvalue weighted by Gasteiger charge is 2.23. The van der Waals surface area contributed by atoms with Crippen molar-refractivity contribution >= 4 is 22.8 Å². The normalized spacial score (nSPS) is 11.7. The van der Waals surface area contributed by atoms with Crippen LogP contribution in [0.5, 0.6) is 5.75 Å². The second-order valence-electron chi connectivity index (χ2n) is 7.76. The van der Waals surface area contributed by atoms with Crippen molar-refractivity contribution in [2.45, 2.75) is 18.9 Å². The highest BCUT2D eigenvalue weighted by molar-refractivity contribution is 5.92. The molecule has 1 atom stereocenters. The van der Waals surface area contributed by atoms with Crippen LogP contribution in [0.3, 0.4) is 0 Å². The molecule has 0 saturated carbocycles. The maximum absolute atomic E-state index is 13.0. The second kappa shape index (κ2) is 10.0. The molecule has 0 unspecified atom stereocenters. The summed E-state index contributed by atoms with van der Waals surface area (Å²) in [6.45, 7) is 0.463. The molecule has 1 aromatic heterocycles. The summed E-state index contributed by atoms with van der Waals surface area (Å²) in [5.41, 5.74) is 4.32. The van der Waals surface area contributed by atoms with Crippen LogP contribution in [-0.4, -0.2) is 31.1 Å². The fourth-order valence-corrected chi connectivity index (χ4v) is 4.05.